The fourth-order valence-corrected chi connectivity index (χ4v) is 3.12. The summed E-state index contributed by atoms with van der Waals surface area (Å²) < 4.78 is 4.50. The molecule has 2 aromatic rings. The van der Waals surface area contributed by atoms with Crippen LogP contribution in [0.25, 0.3) is 0 Å². The summed E-state index contributed by atoms with van der Waals surface area (Å²) in [5, 5.41) is 10.0. The van der Waals surface area contributed by atoms with Crippen LogP contribution in [-0.4, -0.2) is 15.7 Å². The second-order valence-electron chi connectivity index (χ2n) is 4.97. The molecule has 0 radical (unpaired) electrons. The summed E-state index contributed by atoms with van der Waals surface area (Å²) in [6, 6.07) is 19.4. The van der Waals surface area contributed by atoms with Gasteiger partial charge in [-0.2, -0.15) is 0 Å². The Morgan fingerprint density at radius 2 is 1.35 bits per heavy atom. The van der Waals surface area contributed by atoms with E-state index in [2.05, 4.69) is 0 Å². The zero-order valence-corrected chi connectivity index (χ0v) is 12.2. The highest BCUT2D eigenvalue weighted by atomic mass is 35.5. The number of halogens is 2. The normalized spacial score (nSPS) is 23.6. The van der Waals surface area contributed by atoms with Gasteiger partial charge in [0.05, 0.1) is 0 Å². The molecule has 1 N–H and O–H groups in total. The highest BCUT2D eigenvalue weighted by Crippen LogP contribution is 2.52. The SMILES string of the molecule is OC1OC(c2ccccc2)(c2ccccc2)CC1(Cl)Cl. The van der Waals surface area contributed by atoms with Crippen LogP contribution in [0.3, 0.4) is 0 Å². The van der Waals surface area contributed by atoms with Crippen molar-refractivity contribution in [2.24, 2.45) is 0 Å². The van der Waals surface area contributed by atoms with Gasteiger partial charge in [-0.3, -0.25) is 0 Å². The second kappa shape index (κ2) is 5.05. The van der Waals surface area contributed by atoms with Crippen molar-refractivity contribution in [3.05, 3.63) is 71.8 Å². The number of rotatable bonds is 2. The average Bonchev–Trinajstić information content (AvgIpc) is 2.72. The molecule has 0 aliphatic carbocycles. The van der Waals surface area contributed by atoms with Crippen molar-refractivity contribution in [2.75, 3.05) is 0 Å². The minimum Gasteiger partial charge on any atom is -0.365 e. The average molecular weight is 309 g/mol. The van der Waals surface area contributed by atoms with Crippen LogP contribution in [-0.2, 0) is 10.3 Å². The molecule has 1 heterocycles. The van der Waals surface area contributed by atoms with Crippen LogP contribution in [0.1, 0.15) is 17.5 Å². The molecule has 1 aliphatic heterocycles. The van der Waals surface area contributed by atoms with Gasteiger partial charge in [0.15, 0.2) is 10.6 Å². The summed E-state index contributed by atoms with van der Waals surface area (Å²) in [4.78, 5) is 0. The molecule has 2 nitrogen and oxygen atoms in total. The minimum absolute atomic E-state index is 0.290. The van der Waals surface area contributed by atoms with E-state index in [4.69, 9.17) is 27.9 Å². The number of aliphatic hydroxyl groups excluding tert-OH is 1. The quantitative estimate of drug-likeness (QED) is 0.854. The molecule has 1 aliphatic rings. The molecular formula is C16H14Cl2O2. The van der Waals surface area contributed by atoms with Crippen LogP contribution < -0.4 is 0 Å². The van der Waals surface area contributed by atoms with E-state index in [1.165, 1.54) is 0 Å². The Labute approximate surface area is 127 Å². The Balaban J connectivity index is 2.16. The molecule has 2 aromatic carbocycles. The van der Waals surface area contributed by atoms with Crippen molar-refractivity contribution in [3.63, 3.8) is 0 Å². The lowest BCUT2D eigenvalue weighted by Gasteiger charge is -2.29. The molecule has 0 bridgehead atoms. The number of benzene rings is 2. The third-order valence-electron chi connectivity index (χ3n) is 3.64. The Morgan fingerprint density at radius 1 is 0.900 bits per heavy atom. The number of alkyl halides is 2. The standard InChI is InChI=1S/C16H14Cl2O2/c17-16(18)11-15(20-14(16)19,12-7-3-1-4-8-12)13-9-5-2-6-10-13/h1-10,14,19H,11H2. The van der Waals surface area contributed by atoms with Crippen LogP contribution in [0.2, 0.25) is 0 Å². The molecule has 1 saturated heterocycles. The summed E-state index contributed by atoms with van der Waals surface area (Å²) >= 11 is 12.4. The summed E-state index contributed by atoms with van der Waals surface area (Å²) in [7, 11) is 0. The van der Waals surface area contributed by atoms with Gasteiger partial charge in [-0.05, 0) is 11.1 Å². The summed E-state index contributed by atoms with van der Waals surface area (Å²) in [6.45, 7) is 0. The van der Waals surface area contributed by atoms with Gasteiger partial charge in [-0.15, -0.1) is 0 Å². The Kier molecular flexibility index (Phi) is 3.51. The molecule has 0 saturated carbocycles. The molecule has 1 atom stereocenters. The maximum atomic E-state index is 10.0. The van der Waals surface area contributed by atoms with Gasteiger partial charge in [-0.25, -0.2) is 0 Å². The van der Waals surface area contributed by atoms with Crippen molar-refractivity contribution in [2.45, 2.75) is 22.6 Å². The van der Waals surface area contributed by atoms with E-state index in [1.807, 2.05) is 60.7 Å². The van der Waals surface area contributed by atoms with Crippen molar-refractivity contribution >= 4 is 23.2 Å². The molecule has 20 heavy (non-hydrogen) atoms. The monoisotopic (exact) mass is 308 g/mol. The van der Waals surface area contributed by atoms with Crippen molar-refractivity contribution in [1.29, 1.82) is 0 Å². The Morgan fingerprint density at radius 3 is 1.70 bits per heavy atom. The van der Waals surface area contributed by atoms with Crippen molar-refractivity contribution in [1.82, 2.24) is 0 Å². The Hall–Kier alpha value is -1.06. The third-order valence-corrected chi connectivity index (χ3v) is 4.28. The lowest BCUT2D eigenvalue weighted by Crippen LogP contribution is -2.27. The van der Waals surface area contributed by atoms with E-state index in [0.717, 1.165) is 11.1 Å². The van der Waals surface area contributed by atoms with Crippen LogP contribution >= 0.6 is 23.2 Å². The fourth-order valence-electron chi connectivity index (χ4n) is 2.66. The predicted octanol–water partition coefficient (Wildman–Crippen LogP) is 3.84. The molecule has 1 fully saturated rings. The van der Waals surface area contributed by atoms with Gasteiger partial charge in [0.1, 0.15) is 5.60 Å². The van der Waals surface area contributed by atoms with E-state index in [0.29, 0.717) is 0 Å². The zero-order chi connectivity index (χ0) is 14.2. The lowest BCUT2D eigenvalue weighted by atomic mass is 9.84. The maximum Gasteiger partial charge on any atom is 0.189 e. The highest BCUT2D eigenvalue weighted by molar-refractivity contribution is 6.49. The molecular weight excluding hydrogens is 295 g/mol. The highest BCUT2D eigenvalue weighted by Gasteiger charge is 2.55. The summed E-state index contributed by atoms with van der Waals surface area (Å²) in [5.74, 6) is 0. The summed E-state index contributed by atoms with van der Waals surface area (Å²) in [6.07, 6.45) is -0.940. The second-order valence-corrected chi connectivity index (χ2v) is 6.51. The van der Waals surface area contributed by atoms with Gasteiger partial charge in [0.25, 0.3) is 0 Å². The smallest absolute Gasteiger partial charge is 0.189 e. The van der Waals surface area contributed by atoms with Crippen molar-refractivity contribution in [3.8, 4) is 0 Å². The molecule has 4 heteroatoms. The number of aliphatic hydroxyl groups is 1. The van der Waals surface area contributed by atoms with Crippen LogP contribution in [0.4, 0.5) is 0 Å². The first-order valence-corrected chi connectivity index (χ1v) is 7.15. The summed E-state index contributed by atoms with van der Waals surface area (Å²) in [5.41, 5.74) is 1.02. The van der Waals surface area contributed by atoms with Crippen molar-refractivity contribution < 1.29 is 9.84 Å². The molecule has 0 amide bonds. The lowest BCUT2D eigenvalue weighted by molar-refractivity contribution is -0.126. The van der Waals surface area contributed by atoms with Crippen LogP contribution in [0, 0.1) is 0 Å². The molecule has 104 valence electrons. The number of hydrogen-bond donors (Lipinski definition) is 1. The van der Waals surface area contributed by atoms with Gasteiger partial charge >= 0.3 is 0 Å². The predicted molar refractivity (Wildman–Crippen MR) is 79.8 cm³/mol. The van der Waals surface area contributed by atoms with E-state index in [-0.39, 0.29) is 6.42 Å². The first kappa shape index (κ1) is 13.9. The first-order valence-electron chi connectivity index (χ1n) is 6.39. The minimum atomic E-state index is -1.33. The van der Waals surface area contributed by atoms with Gasteiger partial charge in [0, 0.05) is 6.42 Å². The van der Waals surface area contributed by atoms with E-state index in [1.54, 1.807) is 0 Å². The molecule has 0 aromatic heterocycles. The molecule has 0 spiro atoms. The van der Waals surface area contributed by atoms with E-state index >= 15 is 0 Å². The van der Waals surface area contributed by atoms with Gasteiger partial charge < -0.3 is 9.84 Å². The van der Waals surface area contributed by atoms with E-state index < -0.39 is 16.2 Å². The topological polar surface area (TPSA) is 29.5 Å². The first-order chi connectivity index (χ1) is 9.55. The van der Waals surface area contributed by atoms with Gasteiger partial charge in [0.2, 0.25) is 0 Å². The van der Waals surface area contributed by atoms with Crippen LogP contribution in [0.5, 0.6) is 0 Å². The van der Waals surface area contributed by atoms with E-state index in [9.17, 15) is 5.11 Å². The molecule has 3 rings (SSSR count). The number of hydrogen-bond acceptors (Lipinski definition) is 2. The number of ether oxygens (including phenoxy) is 1. The third kappa shape index (κ3) is 2.23. The maximum absolute atomic E-state index is 10.0. The largest absolute Gasteiger partial charge is 0.365 e. The zero-order valence-electron chi connectivity index (χ0n) is 10.7. The molecule has 1 unspecified atom stereocenters. The Bertz CT molecular complexity index is 544. The van der Waals surface area contributed by atoms with Gasteiger partial charge in [-0.1, -0.05) is 83.9 Å². The van der Waals surface area contributed by atoms with Crippen LogP contribution in [0.15, 0.2) is 60.7 Å². The fraction of sp³-hybridized carbons (Fsp3) is 0.250.